The third-order valence-corrected chi connectivity index (χ3v) is 3.42. The number of halogens is 4. The van der Waals surface area contributed by atoms with E-state index < -0.39 is 17.8 Å². The number of aryl methyl sites for hydroxylation is 1. The van der Waals surface area contributed by atoms with Crippen molar-refractivity contribution in [1.29, 1.82) is 0 Å². The zero-order chi connectivity index (χ0) is 14.9. The van der Waals surface area contributed by atoms with Gasteiger partial charge in [-0.3, -0.25) is 0 Å². The van der Waals surface area contributed by atoms with Gasteiger partial charge in [-0.1, -0.05) is 41.9 Å². The van der Waals surface area contributed by atoms with E-state index in [-0.39, 0.29) is 5.56 Å². The fourth-order valence-electron chi connectivity index (χ4n) is 2.08. The summed E-state index contributed by atoms with van der Waals surface area (Å²) in [6.45, 7) is 1.85. The van der Waals surface area contributed by atoms with E-state index in [1.54, 1.807) is 18.2 Å². The van der Waals surface area contributed by atoms with Gasteiger partial charge in [0.15, 0.2) is 0 Å². The van der Waals surface area contributed by atoms with Gasteiger partial charge in [-0.15, -0.1) is 0 Å². The van der Waals surface area contributed by atoms with Crippen molar-refractivity contribution in [3.63, 3.8) is 0 Å². The van der Waals surface area contributed by atoms with Crippen molar-refractivity contribution in [1.82, 2.24) is 0 Å². The van der Waals surface area contributed by atoms with Gasteiger partial charge in [-0.2, -0.15) is 13.2 Å². The summed E-state index contributed by atoms with van der Waals surface area (Å²) in [5.74, 6) is 0. The molecule has 2 N–H and O–H groups in total. The number of alkyl halides is 3. The Kier molecular flexibility index (Phi) is 4.06. The number of rotatable bonds is 2. The van der Waals surface area contributed by atoms with Crippen LogP contribution in [-0.2, 0) is 6.18 Å². The number of hydrogen-bond acceptors (Lipinski definition) is 1. The van der Waals surface area contributed by atoms with Crippen LogP contribution in [-0.4, -0.2) is 0 Å². The molecular formula is C15H13ClF3N. The second kappa shape index (κ2) is 5.46. The highest BCUT2D eigenvalue weighted by Gasteiger charge is 2.34. The van der Waals surface area contributed by atoms with Crippen molar-refractivity contribution in [3.05, 3.63) is 69.7 Å². The van der Waals surface area contributed by atoms with E-state index in [0.717, 1.165) is 11.6 Å². The summed E-state index contributed by atoms with van der Waals surface area (Å²) in [5.41, 5.74) is 6.67. The highest BCUT2D eigenvalue weighted by atomic mass is 35.5. The van der Waals surface area contributed by atoms with E-state index in [9.17, 15) is 13.2 Å². The van der Waals surface area contributed by atoms with Crippen LogP contribution in [0.1, 0.15) is 28.3 Å². The predicted octanol–water partition coefficient (Wildman–Crippen LogP) is 4.72. The Morgan fingerprint density at radius 3 is 2.30 bits per heavy atom. The van der Waals surface area contributed by atoms with Gasteiger partial charge in [0.2, 0.25) is 0 Å². The third-order valence-electron chi connectivity index (χ3n) is 3.09. The zero-order valence-corrected chi connectivity index (χ0v) is 11.5. The summed E-state index contributed by atoms with van der Waals surface area (Å²) in [7, 11) is 0. The molecule has 2 rings (SSSR count). The Bertz CT molecular complexity index is 623. The lowest BCUT2D eigenvalue weighted by Crippen LogP contribution is -2.18. The zero-order valence-electron chi connectivity index (χ0n) is 10.7. The van der Waals surface area contributed by atoms with Crippen LogP contribution in [0.3, 0.4) is 0 Å². The first-order chi connectivity index (χ1) is 9.30. The number of hydrogen-bond donors (Lipinski definition) is 1. The second-order valence-corrected chi connectivity index (χ2v) is 4.99. The topological polar surface area (TPSA) is 26.0 Å². The minimum atomic E-state index is -4.44. The van der Waals surface area contributed by atoms with Gasteiger partial charge in [0.25, 0.3) is 0 Å². The van der Waals surface area contributed by atoms with E-state index in [0.29, 0.717) is 10.6 Å². The highest BCUT2D eigenvalue weighted by Crippen LogP contribution is 2.37. The average Bonchev–Trinajstić information content (AvgIpc) is 2.37. The summed E-state index contributed by atoms with van der Waals surface area (Å²) in [5, 5.41) is 0.370. The smallest absolute Gasteiger partial charge is 0.320 e. The predicted molar refractivity (Wildman–Crippen MR) is 73.7 cm³/mol. The normalized spacial score (nSPS) is 13.3. The molecule has 0 fully saturated rings. The Balaban J connectivity index is 2.51. The van der Waals surface area contributed by atoms with E-state index >= 15 is 0 Å². The summed E-state index contributed by atoms with van der Waals surface area (Å²) < 4.78 is 39.0. The fourth-order valence-corrected chi connectivity index (χ4v) is 2.43. The minimum absolute atomic E-state index is 0.0192. The second-order valence-electron chi connectivity index (χ2n) is 4.59. The van der Waals surface area contributed by atoms with Crippen molar-refractivity contribution in [2.45, 2.75) is 19.1 Å². The van der Waals surface area contributed by atoms with Crippen molar-refractivity contribution >= 4 is 11.6 Å². The molecule has 0 spiro atoms. The van der Waals surface area contributed by atoms with E-state index in [4.69, 9.17) is 17.3 Å². The van der Waals surface area contributed by atoms with Crippen molar-refractivity contribution < 1.29 is 13.2 Å². The van der Waals surface area contributed by atoms with E-state index in [1.165, 1.54) is 18.2 Å². The lowest BCUT2D eigenvalue weighted by Gasteiger charge is -2.19. The summed E-state index contributed by atoms with van der Waals surface area (Å²) in [6, 6.07) is 9.49. The van der Waals surface area contributed by atoms with Crippen molar-refractivity contribution in [3.8, 4) is 0 Å². The maximum Gasteiger partial charge on any atom is 0.416 e. The lowest BCUT2D eigenvalue weighted by atomic mass is 9.94. The molecule has 5 heteroatoms. The van der Waals surface area contributed by atoms with E-state index in [1.807, 2.05) is 6.92 Å². The Morgan fingerprint density at radius 1 is 1.05 bits per heavy atom. The third kappa shape index (κ3) is 2.97. The first-order valence-electron chi connectivity index (χ1n) is 5.98. The average molecular weight is 300 g/mol. The molecule has 0 amide bonds. The van der Waals surface area contributed by atoms with Crippen molar-refractivity contribution in [2.24, 2.45) is 5.73 Å². The molecule has 0 bridgehead atoms. The van der Waals surface area contributed by atoms with E-state index in [2.05, 4.69) is 0 Å². The molecular weight excluding hydrogens is 287 g/mol. The van der Waals surface area contributed by atoms with Crippen LogP contribution in [0.4, 0.5) is 13.2 Å². The highest BCUT2D eigenvalue weighted by molar-refractivity contribution is 6.31. The van der Waals surface area contributed by atoms with Crippen LogP contribution in [0.5, 0.6) is 0 Å². The molecule has 2 aromatic rings. The van der Waals surface area contributed by atoms with Crippen LogP contribution < -0.4 is 5.73 Å². The molecule has 0 aliphatic rings. The molecule has 0 heterocycles. The maximum absolute atomic E-state index is 13.0. The molecule has 1 unspecified atom stereocenters. The molecule has 20 heavy (non-hydrogen) atoms. The van der Waals surface area contributed by atoms with Gasteiger partial charge in [-0.25, -0.2) is 0 Å². The monoisotopic (exact) mass is 299 g/mol. The molecule has 0 radical (unpaired) electrons. The van der Waals surface area contributed by atoms with Crippen LogP contribution in [0, 0.1) is 6.92 Å². The minimum Gasteiger partial charge on any atom is -0.320 e. The molecule has 0 saturated heterocycles. The van der Waals surface area contributed by atoms with Crippen molar-refractivity contribution in [2.75, 3.05) is 0 Å². The van der Waals surface area contributed by atoms with Gasteiger partial charge in [0.1, 0.15) is 0 Å². The fraction of sp³-hybridized carbons (Fsp3) is 0.200. The standard InChI is InChI=1S/C15H13ClF3N/c1-9-6-7-11(13(16)8-9)14(20)10-4-2-3-5-12(10)15(17,18)19/h2-8,14H,20H2,1H3. The summed E-state index contributed by atoms with van der Waals surface area (Å²) in [6.07, 6.45) is -4.44. The van der Waals surface area contributed by atoms with Crippen LogP contribution in [0.2, 0.25) is 5.02 Å². The molecule has 1 atom stereocenters. The van der Waals surface area contributed by atoms with Gasteiger partial charge in [0.05, 0.1) is 11.6 Å². The SMILES string of the molecule is Cc1ccc(C(N)c2ccccc2C(F)(F)F)c(Cl)c1. The molecule has 0 saturated carbocycles. The first kappa shape index (κ1) is 14.9. The molecule has 1 nitrogen and oxygen atoms in total. The lowest BCUT2D eigenvalue weighted by molar-refractivity contribution is -0.138. The Hall–Kier alpha value is -1.52. The number of nitrogens with two attached hydrogens (primary N) is 1. The van der Waals surface area contributed by atoms with Crippen LogP contribution in [0.25, 0.3) is 0 Å². The molecule has 0 aliphatic carbocycles. The summed E-state index contributed by atoms with van der Waals surface area (Å²) >= 11 is 6.08. The Labute approximate surface area is 120 Å². The molecule has 0 aliphatic heterocycles. The molecule has 0 aromatic heterocycles. The van der Waals surface area contributed by atoms with Gasteiger partial charge >= 0.3 is 6.18 Å². The first-order valence-corrected chi connectivity index (χ1v) is 6.36. The summed E-state index contributed by atoms with van der Waals surface area (Å²) in [4.78, 5) is 0. The molecule has 106 valence electrons. The van der Waals surface area contributed by atoms with Gasteiger partial charge in [-0.05, 0) is 35.7 Å². The largest absolute Gasteiger partial charge is 0.416 e. The Morgan fingerprint density at radius 2 is 1.70 bits per heavy atom. The molecule has 2 aromatic carbocycles. The van der Waals surface area contributed by atoms with Crippen LogP contribution in [0.15, 0.2) is 42.5 Å². The van der Waals surface area contributed by atoms with Gasteiger partial charge in [0, 0.05) is 5.02 Å². The quantitative estimate of drug-likeness (QED) is 0.853. The van der Waals surface area contributed by atoms with Crippen LogP contribution >= 0.6 is 11.6 Å². The number of benzene rings is 2. The maximum atomic E-state index is 13.0. The van der Waals surface area contributed by atoms with Gasteiger partial charge < -0.3 is 5.73 Å².